The minimum atomic E-state index is -1.05. The van der Waals surface area contributed by atoms with Gasteiger partial charge in [0, 0.05) is 18.4 Å². The van der Waals surface area contributed by atoms with Crippen LogP contribution in [0.2, 0.25) is 0 Å². The first-order valence-electron chi connectivity index (χ1n) is 11.0. The Morgan fingerprint density at radius 1 is 1.28 bits per heavy atom. The van der Waals surface area contributed by atoms with Gasteiger partial charge in [0.05, 0.1) is 6.10 Å². The summed E-state index contributed by atoms with van der Waals surface area (Å²) >= 11 is 5.72. The predicted molar refractivity (Wildman–Crippen MR) is 109 cm³/mol. The molecule has 0 heterocycles. The highest BCUT2D eigenvalue weighted by Crippen LogP contribution is 2.68. The second-order valence-electron chi connectivity index (χ2n) is 9.92. The molecule has 0 aromatic rings. The lowest BCUT2D eigenvalue weighted by molar-refractivity contribution is -0.210. The predicted octanol–water partition coefficient (Wildman–Crippen LogP) is 4.00. The van der Waals surface area contributed by atoms with Crippen LogP contribution in [0.4, 0.5) is 0 Å². The summed E-state index contributed by atoms with van der Waals surface area (Å²) in [6, 6.07) is -0.191. The van der Waals surface area contributed by atoms with E-state index in [0.717, 1.165) is 25.7 Å². The summed E-state index contributed by atoms with van der Waals surface area (Å²) in [5, 5.41) is 11.5. The highest BCUT2D eigenvalue weighted by Gasteiger charge is 2.70. The van der Waals surface area contributed by atoms with Crippen LogP contribution in [0.1, 0.15) is 65.7 Å². The van der Waals surface area contributed by atoms with Gasteiger partial charge < -0.3 is 14.6 Å². The van der Waals surface area contributed by atoms with Crippen molar-refractivity contribution in [3.05, 3.63) is 11.6 Å². The number of aliphatic hydroxyl groups excluding tert-OH is 1. The molecular formula is C23H33ClO5. The summed E-state index contributed by atoms with van der Waals surface area (Å²) in [4.78, 5) is 25.1. The van der Waals surface area contributed by atoms with Crippen LogP contribution < -0.4 is 0 Å². The molecule has 6 heteroatoms. The standard InChI is InChI=1S/C23H33ClO5/c1-4-29-23(20(27)28-13-24)10-8-17-16-6-5-14-11-15(25)7-9-21(14,2)19(16)18(26)12-22(17,23)3/h11,16-19,26H,4-10,12-13H2,1-3H3/t16-,17-,18?,19+,21-,22-,23-/m0/s1. The monoisotopic (exact) mass is 424 g/mol. The van der Waals surface area contributed by atoms with Gasteiger partial charge in [0.25, 0.3) is 0 Å². The lowest BCUT2D eigenvalue weighted by Gasteiger charge is -2.60. The van der Waals surface area contributed by atoms with E-state index in [9.17, 15) is 14.7 Å². The number of carbonyl (C=O) groups is 2. The third-order valence-corrected chi connectivity index (χ3v) is 9.03. The molecule has 4 rings (SSSR count). The van der Waals surface area contributed by atoms with E-state index in [1.165, 1.54) is 5.57 Å². The number of hydrogen-bond donors (Lipinski definition) is 1. The molecule has 0 aromatic heterocycles. The summed E-state index contributed by atoms with van der Waals surface area (Å²) < 4.78 is 11.4. The zero-order valence-corrected chi connectivity index (χ0v) is 18.5. The minimum absolute atomic E-state index is 0.121. The Morgan fingerprint density at radius 2 is 2.03 bits per heavy atom. The number of halogens is 1. The van der Waals surface area contributed by atoms with Gasteiger partial charge in [-0.25, -0.2) is 4.79 Å². The number of ether oxygens (including phenoxy) is 2. The first-order chi connectivity index (χ1) is 13.7. The molecule has 0 aliphatic heterocycles. The quantitative estimate of drug-likeness (QED) is 0.545. The topological polar surface area (TPSA) is 72.8 Å². The average molecular weight is 425 g/mol. The Morgan fingerprint density at radius 3 is 2.72 bits per heavy atom. The number of aliphatic hydroxyl groups is 1. The highest BCUT2D eigenvalue weighted by atomic mass is 35.5. The molecule has 29 heavy (non-hydrogen) atoms. The Bertz CT molecular complexity index is 735. The number of alkyl halides is 1. The molecule has 4 aliphatic carbocycles. The van der Waals surface area contributed by atoms with Gasteiger partial charge in [0.15, 0.2) is 17.5 Å². The summed E-state index contributed by atoms with van der Waals surface area (Å²) in [5.41, 5.74) is -0.458. The van der Waals surface area contributed by atoms with Crippen molar-refractivity contribution in [1.29, 1.82) is 0 Å². The Balaban J connectivity index is 1.73. The van der Waals surface area contributed by atoms with Crippen LogP contribution in [0.25, 0.3) is 0 Å². The highest BCUT2D eigenvalue weighted by molar-refractivity contribution is 6.17. The number of hydrogen-bond acceptors (Lipinski definition) is 5. The summed E-state index contributed by atoms with van der Waals surface area (Å²) in [6.07, 6.45) is 6.52. The van der Waals surface area contributed by atoms with Crippen LogP contribution in [0, 0.1) is 28.6 Å². The van der Waals surface area contributed by atoms with Crippen molar-refractivity contribution in [1.82, 2.24) is 0 Å². The molecule has 162 valence electrons. The maximum absolute atomic E-state index is 13.1. The third-order valence-electron chi connectivity index (χ3n) is 8.92. The van der Waals surface area contributed by atoms with Gasteiger partial charge in [-0.1, -0.05) is 31.0 Å². The summed E-state index contributed by atoms with van der Waals surface area (Å²) in [6.45, 7) is 6.65. The van der Waals surface area contributed by atoms with Crippen molar-refractivity contribution < 1.29 is 24.2 Å². The molecular weight excluding hydrogens is 392 g/mol. The van der Waals surface area contributed by atoms with Crippen molar-refractivity contribution in [3.63, 3.8) is 0 Å². The largest absolute Gasteiger partial charge is 0.447 e. The average Bonchev–Trinajstić information content (AvgIpc) is 2.95. The molecule has 3 saturated carbocycles. The van der Waals surface area contributed by atoms with Crippen LogP contribution in [-0.2, 0) is 19.1 Å². The Labute approximate surface area is 178 Å². The summed E-state index contributed by atoms with van der Waals surface area (Å²) in [7, 11) is 0. The van der Waals surface area contributed by atoms with E-state index in [2.05, 4.69) is 13.8 Å². The zero-order chi connectivity index (χ0) is 21.0. The van der Waals surface area contributed by atoms with E-state index in [4.69, 9.17) is 21.1 Å². The number of fused-ring (bicyclic) bond motifs is 5. The Kier molecular flexibility index (Phi) is 5.40. The van der Waals surface area contributed by atoms with Crippen LogP contribution in [-0.4, -0.2) is 41.2 Å². The van der Waals surface area contributed by atoms with Gasteiger partial charge in [-0.3, -0.25) is 4.79 Å². The maximum atomic E-state index is 13.1. The lowest BCUT2D eigenvalue weighted by atomic mass is 9.45. The molecule has 0 spiro atoms. The zero-order valence-electron chi connectivity index (χ0n) is 17.7. The molecule has 7 atom stereocenters. The maximum Gasteiger partial charge on any atom is 0.340 e. The van der Waals surface area contributed by atoms with Crippen molar-refractivity contribution in [3.8, 4) is 0 Å². The second kappa shape index (κ2) is 7.35. The fourth-order valence-corrected chi connectivity index (χ4v) is 7.82. The van der Waals surface area contributed by atoms with Crippen molar-refractivity contribution in [2.45, 2.75) is 77.4 Å². The third kappa shape index (κ3) is 2.87. The molecule has 0 radical (unpaired) electrons. The van der Waals surface area contributed by atoms with Crippen molar-refractivity contribution >= 4 is 23.4 Å². The van der Waals surface area contributed by atoms with Gasteiger partial charge in [-0.15, -0.1) is 0 Å². The minimum Gasteiger partial charge on any atom is -0.447 e. The molecule has 0 bridgehead atoms. The van der Waals surface area contributed by atoms with Gasteiger partial charge in [0.1, 0.15) is 0 Å². The fraction of sp³-hybridized carbons (Fsp3) is 0.826. The van der Waals surface area contributed by atoms with Crippen LogP contribution in [0.3, 0.4) is 0 Å². The molecule has 1 N–H and O–H groups in total. The smallest absolute Gasteiger partial charge is 0.340 e. The number of carbonyl (C=O) groups excluding carboxylic acids is 2. The number of esters is 1. The van der Waals surface area contributed by atoms with Crippen molar-refractivity contribution in [2.24, 2.45) is 28.6 Å². The van der Waals surface area contributed by atoms with E-state index in [1.807, 2.05) is 13.0 Å². The molecule has 5 nitrogen and oxygen atoms in total. The van der Waals surface area contributed by atoms with Crippen molar-refractivity contribution in [2.75, 3.05) is 12.7 Å². The normalized spacial score (nSPS) is 46.4. The molecule has 4 aliphatic rings. The second-order valence-corrected chi connectivity index (χ2v) is 10.1. The van der Waals surface area contributed by atoms with Crippen LogP contribution >= 0.6 is 11.6 Å². The Hall–Kier alpha value is -0.910. The van der Waals surface area contributed by atoms with E-state index in [-0.39, 0.29) is 29.1 Å². The SMILES string of the molecule is CCO[C@]1(C(=O)OCCl)CC[C@H]2[C@@H]3CCC4=CC(=O)CC[C@]4(C)[C@H]3C(O)C[C@@]21C. The van der Waals surface area contributed by atoms with Gasteiger partial charge in [-0.2, -0.15) is 0 Å². The molecule has 0 saturated heterocycles. The number of rotatable bonds is 4. The first-order valence-corrected chi connectivity index (χ1v) is 11.6. The number of ketones is 1. The molecule has 0 amide bonds. The van der Waals surface area contributed by atoms with Gasteiger partial charge in [-0.05, 0) is 74.7 Å². The van der Waals surface area contributed by atoms with E-state index in [0.29, 0.717) is 31.8 Å². The molecule has 3 fully saturated rings. The van der Waals surface area contributed by atoms with Gasteiger partial charge in [0.2, 0.25) is 0 Å². The molecule has 0 aromatic carbocycles. The number of allylic oxidation sites excluding steroid dienone is 1. The fourth-order valence-electron chi connectivity index (χ4n) is 7.72. The van der Waals surface area contributed by atoms with Crippen LogP contribution in [0.15, 0.2) is 11.6 Å². The van der Waals surface area contributed by atoms with E-state index in [1.54, 1.807) is 0 Å². The van der Waals surface area contributed by atoms with Crippen LogP contribution in [0.5, 0.6) is 0 Å². The first kappa shape index (κ1) is 21.3. The van der Waals surface area contributed by atoms with Gasteiger partial charge >= 0.3 is 5.97 Å². The van der Waals surface area contributed by atoms with E-state index < -0.39 is 23.1 Å². The lowest BCUT2D eigenvalue weighted by Crippen LogP contribution is -2.62. The van der Waals surface area contributed by atoms with E-state index >= 15 is 0 Å². The summed E-state index contributed by atoms with van der Waals surface area (Å²) in [5.74, 6) is 0.531. The molecule has 1 unspecified atom stereocenters.